The first-order chi connectivity index (χ1) is 19.1. The summed E-state index contributed by atoms with van der Waals surface area (Å²) in [7, 11) is 1.64. The van der Waals surface area contributed by atoms with E-state index in [9.17, 15) is 23.2 Å². The molecule has 3 amide bonds. The van der Waals surface area contributed by atoms with Crippen molar-refractivity contribution in [1.82, 2.24) is 10.6 Å². The molecule has 0 fully saturated rings. The predicted molar refractivity (Wildman–Crippen MR) is 150 cm³/mol. The minimum absolute atomic E-state index is 0.0843. The summed E-state index contributed by atoms with van der Waals surface area (Å²) >= 11 is 0. The Labute approximate surface area is 232 Å². The number of nitrogens with zero attached hydrogens (tertiary/aromatic N) is 2. The van der Waals surface area contributed by atoms with Crippen molar-refractivity contribution in [3.8, 4) is 0 Å². The molecular weight excluding hydrogens is 514 g/mol. The molecule has 3 aromatic carbocycles. The lowest BCUT2D eigenvalue weighted by atomic mass is 9.92. The van der Waals surface area contributed by atoms with Crippen molar-refractivity contribution >= 4 is 29.1 Å². The van der Waals surface area contributed by atoms with Gasteiger partial charge in [-0.3, -0.25) is 14.4 Å². The largest absolute Gasteiger partial charge is 0.352 e. The first kappa shape index (κ1) is 28.6. The van der Waals surface area contributed by atoms with Crippen molar-refractivity contribution in [2.24, 2.45) is 16.8 Å². The molecule has 0 spiro atoms. The molecule has 0 radical (unpaired) electrons. The molecule has 208 valence electrons. The van der Waals surface area contributed by atoms with Crippen molar-refractivity contribution in [2.75, 3.05) is 11.9 Å². The number of hydrogen-bond donors (Lipinski definition) is 2. The highest BCUT2D eigenvalue weighted by Crippen LogP contribution is 2.27. The average Bonchev–Trinajstić information content (AvgIpc) is 3.02. The Morgan fingerprint density at radius 2 is 1.62 bits per heavy atom. The minimum Gasteiger partial charge on any atom is -0.352 e. The number of carbonyl (C=O) groups excluding carboxylic acids is 3. The molecule has 4 rings (SSSR count). The number of amides is 3. The lowest BCUT2D eigenvalue weighted by Crippen LogP contribution is -2.48. The summed E-state index contributed by atoms with van der Waals surface area (Å²) in [5, 5.41) is 5.40. The van der Waals surface area contributed by atoms with Gasteiger partial charge in [0.1, 0.15) is 11.6 Å². The first-order valence-electron chi connectivity index (χ1n) is 13.1. The summed E-state index contributed by atoms with van der Waals surface area (Å²) in [6.07, 6.45) is -0.971. The third-order valence-electron chi connectivity index (χ3n) is 6.64. The predicted octanol–water partition coefficient (Wildman–Crippen LogP) is 4.59. The number of benzodiazepines with no additional fused rings is 1. The molecule has 3 aromatic rings. The minimum atomic E-state index is -1.20. The van der Waals surface area contributed by atoms with Crippen LogP contribution in [0, 0.1) is 23.5 Å². The van der Waals surface area contributed by atoms with Gasteiger partial charge in [0.15, 0.2) is 0 Å². The van der Waals surface area contributed by atoms with E-state index in [0.29, 0.717) is 17.8 Å². The molecule has 0 saturated heterocycles. The van der Waals surface area contributed by atoms with Crippen LogP contribution in [-0.2, 0) is 20.9 Å². The van der Waals surface area contributed by atoms with E-state index in [1.165, 1.54) is 4.90 Å². The molecule has 40 heavy (non-hydrogen) atoms. The summed E-state index contributed by atoms with van der Waals surface area (Å²) in [6.45, 7) is 3.78. The highest BCUT2D eigenvalue weighted by molar-refractivity contribution is 6.20. The van der Waals surface area contributed by atoms with Gasteiger partial charge >= 0.3 is 0 Å². The van der Waals surface area contributed by atoms with E-state index in [2.05, 4.69) is 10.6 Å². The first-order valence-corrected chi connectivity index (χ1v) is 13.1. The smallest absolute Gasteiger partial charge is 0.272 e. The van der Waals surface area contributed by atoms with Crippen LogP contribution in [0.1, 0.15) is 43.4 Å². The number of aliphatic imine (C=N–C) groups is 1. The molecule has 0 bridgehead atoms. The Morgan fingerprint density at radius 3 is 2.30 bits per heavy atom. The molecule has 0 aliphatic carbocycles. The number of fused-ring (bicyclic) bond motifs is 1. The maximum Gasteiger partial charge on any atom is 0.272 e. The van der Waals surface area contributed by atoms with Gasteiger partial charge in [0, 0.05) is 43.1 Å². The van der Waals surface area contributed by atoms with Gasteiger partial charge in [-0.1, -0.05) is 62.4 Å². The normalized spacial score (nSPS) is 15.7. The van der Waals surface area contributed by atoms with Crippen molar-refractivity contribution in [3.63, 3.8) is 0 Å². The van der Waals surface area contributed by atoms with Gasteiger partial charge in [0.05, 0.1) is 11.4 Å². The number of rotatable bonds is 9. The Morgan fingerprint density at radius 1 is 0.975 bits per heavy atom. The maximum atomic E-state index is 13.5. The fourth-order valence-corrected chi connectivity index (χ4v) is 4.76. The summed E-state index contributed by atoms with van der Waals surface area (Å²) in [6, 6.07) is 19.8. The molecular formula is C31H32F2N4O3. The quantitative estimate of drug-likeness (QED) is 0.411. The zero-order valence-electron chi connectivity index (χ0n) is 22.7. The molecule has 1 aliphatic heterocycles. The van der Waals surface area contributed by atoms with Gasteiger partial charge in [-0.2, -0.15) is 0 Å². The van der Waals surface area contributed by atoms with Crippen molar-refractivity contribution in [2.45, 2.75) is 39.4 Å². The Hall–Kier alpha value is -4.40. The number of likely N-dealkylation sites (N-methyl/N-ethyl adjacent to an activating group) is 1. The van der Waals surface area contributed by atoms with Gasteiger partial charge < -0.3 is 15.5 Å². The van der Waals surface area contributed by atoms with Gasteiger partial charge in [0.2, 0.25) is 18.0 Å². The van der Waals surface area contributed by atoms with Crippen LogP contribution < -0.4 is 15.5 Å². The van der Waals surface area contributed by atoms with Gasteiger partial charge in [-0.15, -0.1) is 0 Å². The second kappa shape index (κ2) is 12.6. The molecule has 1 aliphatic rings. The van der Waals surface area contributed by atoms with Gasteiger partial charge in [-0.05, 0) is 36.1 Å². The molecule has 7 nitrogen and oxygen atoms in total. The van der Waals surface area contributed by atoms with E-state index in [0.717, 1.165) is 29.3 Å². The van der Waals surface area contributed by atoms with Crippen LogP contribution in [0.15, 0.2) is 77.8 Å². The standard InChI is InChI=1S/C31H32F2N4O3/c1-19(2)13-22(16-27(38)34-18-20-14-23(32)17-24(33)15-20)30(39)36-29-31(40)37(3)26-12-8-7-11-25(26)28(35-29)21-9-5-4-6-10-21/h4-12,14-15,17,19,22,29H,13,16,18H2,1-3H3,(H,34,38)(H,36,39). The number of anilines is 1. The van der Waals surface area contributed by atoms with Gasteiger partial charge in [0.25, 0.3) is 5.91 Å². The Balaban J connectivity index is 1.54. The topological polar surface area (TPSA) is 90.9 Å². The van der Waals surface area contributed by atoms with Crippen molar-refractivity contribution in [1.29, 1.82) is 0 Å². The summed E-state index contributed by atoms with van der Waals surface area (Å²) in [4.78, 5) is 45.9. The summed E-state index contributed by atoms with van der Waals surface area (Å²) in [5.74, 6) is -3.48. The van der Waals surface area contributed by atoms with Crippen LogP contribution in [0.2, 0.25) is 0 Å². The molecule has 1 heterocycles. The highest BCUT2D eigenvalue weighted by atomic mass is 19.1. The SMILES string of the molecule is CC(C)CC(CC(=O)NCc1cc(F)cc(F)c1)C(=O)NC1N=C(c2ccccc2)c2ccccc2N(C)C1=O. The van der Waals surface area contributed by atoms with Crippen LogP contribution in [0.4, 0.5) is 14.5 Å². The van der Waals surface area contributed by atoms with E-state index in [4.69, 9.17) is 4.99 Å². The maximum absolute atomic E-state index is 13.5. The average molecular weight is 547 g/mol. The number of para-hydroxylation sites is 1. The lowest BCUT2D eigenvalue weighted by molar-refractivity contribution is -0.133. The fraction of sp³-hybridized carbons (Fsp3) is 0.290. The van der Waals surface area contributed by atoms with E-state index in [1.807, 2.05) is 68.4 Å². The van der Waals surface area contributed by atoms with E-state index in [-0.39, 0.29) is 24.4 Å². The Bertz CT molecular complexity index is 1400. The zero-order chi connectivity index (χ0) is 28.8. The second-order valence-corrected chi connectivity index (χ2v) is 10.3. The van der Waals surface area contributed by atoms with Crippen LogP contribution in [0.25, 0.3) is 0 Å². The third kappa shape index (κ3) is 6.97. The molecule has 0 aromatic heterocycles. The van der Waals surface area contributed by atoms with Crippen LogP contribution >= 0.6 is 0 Å². The van der Waals surface area contributed by atoms with Crippen LogP contribution in [0.3, 0.4) is 0 Å². The number of benzene rings is 3. The number of hydrogen-bond acceptors (Lipinski definition) is 4. The summed E-state index contributed by atoms with van der Waals surface area (Å²) in [5.41, 5.74) is 3.06. The highest BCUT2D eigenvalue weighted by Gasteiger charge is 2.33. The zero-order valence-corrected chi connectivity index (χ0v) is 22.7. The molecule has 2 unspecified atom stereocenters. The van der Waals surface area contributed by atoms with Crippen molar-refractivity contribution < 1.29 is 23.2 Å². The number of carbonyl (C=O) groups is 3. The van der Waals surface area contributed by atoms with Crippen LogP contribution in [-0.4, -0.2) is 36.6 Å². The van der Waals surface area contributed by atoms with E-state index < -0.39 is 41.4 Å². The molecule has 9 heteroatoms. The van der Waals surface area contributed by atoms with Crippen molar-refractivity contribution in [3.05, 3.63) is 101 Å². The molecule has 2 N–H and O–H groups in total. The van der Waals surface area contributed by atoms with E-state index >= 15 is 0 Å². The second-order valence-electron chi connectivity index (χ2n) is 10.3. The lowest BCUT2D eigenvalue weighted by Gasteiger charge is -2.23. The molecule has 0 saturated carbocycles. The number of halogens is 2. The van der Waals surface area contributed by atoms with Gasteiger partial charge in [-0.25, -0.2) is 13.8 Å². The number of nitrogens with one attached hydrogen (secondary N) is 2. The summed E-state index contributed by atoms with van der Waals surface area (Å²) < 4.78 is 27.0. The molecule has 2 atom stereocenters. The Kier molecular flexibility index (Phi) is 9.04. The third-order valence-corrected chi connectivity index (χ3v) is 6.64. The fourth-order valence-electron chi connectivity index (χ4n) is 4.76. The van der Waals surface area contributed by atoms with E-state index in [1.54, 1.807) is 7.05 Å². The monoisotopic (exact) mass is 546 g/mol. The van der Waals surface area contributed by atoms with Crippen LogP contribution in [0.5, 0.6) is 0 Å².